The second-order valence-corrected chi connectivity index (χ2v) is 7.91. The average molecular weight is 365 g/mol. The molecule has 0 radical (unpaired) electrons. The average Bonchev–Trinajstić information content (AvgIpc) is 3.33. The van der Waals surface area contributed by atoms with Gasteiger partial charge in [0, 0.05) is 44.1 Å². The van der Waals surface area contributed by atoms with Crippen LogP contribution in [0, 0.1) is 0 Å². The quantitative estimate of drug-likeness (QED) is 0.818. The molecule has 2 amide bonds. The first-order valence-electron chi connectivity index (χ1n) is 9.18. The molecule has 25 heavy (non-hydrogen) atoms. The molecule has 2 fully saturated rings. The van der Waals surface area contributed by atoms with Crippen LogP contribution in [-0.4, -0.2) is 78.4 Å². The third kappa shape index (κ3) is 5.03. The highest BCUT2D eigenvalue weighted by molar-refractivity contribution is 7.09. The van der Waals surface area contributed by atoms with E-state index in [9.17, 15) is 9.59 Å². The number of piperazine rings is 1. The zero-order valence-corrected chi connectivity index (χ0v) is 15.8. The topological polar surface area (TPSA) is 55.9 Å². The molecule has 2 saturated heterocycles. The zero-order chi connectivity index (χ0) is 17.6. The number of thiophene rings is 1. The van der Waals surface area contributed by atoms with E-state index in [-0.39, 0.29) is 17.9 Å². The Morgan fingerprint density at radius 1 is 1.16 bits per heavy atom. The smallest absolute Gasteiger partial charge is 0.237 e. The van der Waals surface area contributed by atoms with E-state index in [1.807, 2.05) is 29.3 Å². The summed E-state index contributed by atoms with van der Waals surface area (Å²) in [6, 6.07) is 3.90. The Hall–Kier alpha value is -1.44. The van der Waals surface area contributed by atoms with Gasteiger partial charge in [-0.3, -0.25) is 19.4 Å². The first-order chi connectivity index (χ1) is 12.1. The van der Waals surface area contributed by atoms with Crippen LogP contribution in [-0.2, 0) is 16.1 Å². The molecule has 3 heterocycles. The van der Waals surface area contributed by atoms with Gasteiger partial charge < -0.3 is 10.2 Å². The number of carbonyl (C=O) groups is 2. The van der Waals surface area contributed by atoms with Crippen LogP contribution in [0.3, 0.4) is 0 Å². The molecule has 0 saturated carbocycles. The van der Waals surface area contributed by atoms with Gasteiger partial charge in [-0.15, -0.1) is 11.3 Å². The van der Waals surface area contributed by atoms with Crippen LogP contribution < -0.4 is 5.32 Å². The van der Waals surface area contributed by atoms with Crippen molar-refractivity contribution in [2.75, 3.05) is 45.8 Å². The lowest BCUT2D eigenvalue weighted by molar-refractivity contribution is -0.133. The molecule has 0 aliphatic carbocycles. The molecule has 138 valence electrons. The Morgan fingerprint density at radius 3 is 2.52 bits per heavy atom. The van der Waals surface area contributed by atoms with Crippen molar-refractivity contribution in [1.29, 1.82) is 0 Å². The minimum atomic E-state index is -0.128. The van der Waals surface area contributed by atoms with E-state index in [2.05, 4.69) is 15.1 Å². The van der Waals surface area contributed by atoms with E-state index in [4.69, 9.17) is 0 Å². The molecular weight excluding hydrogens is 336 g/mol. The number of hydrogen-bond acceptors (Lipinski definition) is 5. The van der Waals surface area contributed by atoms with Gasteiger partial charge in [-0.1, -0.05) is 6.07 Å². The van der Waals surface area contributed by atoms with E-state index < -0.39 is 0 Å². The Balaban J connectivity index is 1.38. The van der Waals surface area contributed by atoms with Crippen molar-refractivity contribution >= 4 is 23.2 Å². The fraction of sp³-hybridized carbons (Fsp3) is 0.667. The maximum Gasteiger partial charge on any atom is 0.237 e. The molecule has 3 rings (SSSR count). The van der Waals surface area contributed by atoms with Crippen LogP contribution in [0.15, 0.2) is 17.5 Å². The molecular formula is C18H28N4O2S. The van der Waals surface area contributed by atoms with Gasteiger partial charge in [0.1, 0.15) is 0 Å². The molecule has 2 aliphatic heterocycles. The van der Waals surface area contributed by atoms with Crippen LogP contribution in [0.5, 0.6) is 0 Å². The first kappa shape index (κ1) is 18.4. The lowest BCUT2D eigenvalue weighted by Crippen LogP contribution is -2.55. The van der Waals surface area contributed by atoms with Crippen LogP contribution in [0.2, 0.25) is 0 Å². The summed E-state index contributed by atoms with van der Waals surface area (Å²) in [7, 11) is 0. The van der Waals surface area contributed by atoms with E-state index in [1.165, 1.54) is 4.88 Å². The lowest BCUT2D eigenvalue weighted by atomic mass is 10.2. The fourth-order valence-electron chi connectivity index (χ4n) is 3.47. The minimum Gasteiger partial charge on any atom is -0.350 e. The molecule has 0 bridgehead atoms. The Kier molecular flexibility index (Phi) is 6.45. The molecule has 1 unspecified atom stereocenters. The summed E-state index contributed by atoms with van der Waals surface area (Å²) >= 11 is 1.66. The van der Waals surface area contributed by atoms with Gasteiger partial charge in [0.05, 0.1) is 19.1 Å². The molecule has 0 spiro atoms. The Labute approximate surface area is 153 Å². The van der Waals surface area contributed by atoms with Gasteiger partial charge in [-0.2, -0.15) is 0 Å². The van der Waals surface area contributed by atoms with Crippen molar-refractivity contribution in [1.82, 2.24) is 20.0 Å². The van der Waals surface area contributed by atoms with Crippen LogP contribution in [0.4, 0.5) is 0 Å². The van der Waals surface area contributed by atoms with Crippen molar-refractivity contribution in [3.63, 3.8) is 0 Å². The molecule has 1 aromatic heterocycles. The number of rotatable bonds is 6. The molecule has 2 aliphatic rings. The number of nitrogens with one attached hydrogen (secondary N) is 1. The highest BCUT2D eigenvalue weighted by Crippen LogP contribution is 2.11. The van der Waals surface area contributed by atoms with Crippen molar-refractivity contribution in [2.45, 2.75) is 32.4 Å². The van der Waals surface area contributed by atoms with Crippen LogP contribution >= 0.6 is 11.3 Å². The van der Waals surface area contributed by atoms with E-state index in [1.54, 1.807) is 11.3 Å². The highest BCUT2D eigenvalue weighted by atomic mass is 32.1. The summed E-state index contributed by atoms with van der Waals surface area (Å²) in [4.78, 5) is 32.2. The predicted octanol–water partition coefficient (Wildman–Crippen LogP) is 0.993. The molecule has 0 aromatic carbocycles. The number of carbonyl (C=O) groups excluding carboxylic acids is 2. The van der Waals surface area contributed by atoms with Crippen LogP contribution in [0.25, 0.3) is 0 Å². The minimum absolute atomic E-state index is 0.0787. The summed E-state index contributed by atoms with van der Waals surface area (Å²) in [5.74, 6) is 0.336. The van der Waals surface area contributed by atoms with E-state index in [0.29, 0.717) is 13.1 Å². The Morgan fingerprint density at radius 2 is 1.88 bits per heavy atom. The second kappa shape index (κ2) is 8.78. The summed E-state index contributed by atoms with van der Waals surface area (Å²) in [6.45, 7) is 8.29. The van der Waals surface area contributed by atoms with Gasteiger partial charge in [0.2, 0.25) is 11.8 Å². The summed E-state index contributed by atoms with van der Waals surface area (Å²) in [5, 5.41) is 5.04. The van der Waals surface area contributed by atoms with Crippen molar-refractivity contribution < 1.29 is 9.59 Å². The Bertz CT molecular complexity index is 564. The van der Waals surface area contributed by atoms with Crippen LogP contribution in [0.1, 0.15) is 24.6 Å². The lowest BCUT2D eigenvalue weighted by Gasteiger charge is -2.37. The zero-order valence-electron chi connectivity index (χ0n) is 14.9. The first-order valence-corrected chi connectivity index (χ1v) is 10.1. The predicted molar refractivity (Wildman–Crippen MR) is 99.5 cm³/mol. The number of nitrogens with zero attached hydrogens (tertiary/aromatic N) is 3. The largest absolute Gasteiger partial charge is 0.350 e. The van der Waals surface area contributed by atoms with E-state index >= 15 is 0 Å². The monoisotopic (exact) mass is 364 g/mol. The normalized spacial score (nSPS) is 20.6. The fourth-order valence-corrected chi connectivity index (χ4v) is 4.11. The highest BCUT2D eigenvalue weighted by Gasteiger charge is 2.27. The van der Waals surface area contributed by atoms with Crippen molar-refractivity contribution in [2.24, 2.45) is 0 Å². The molecule has 1 atom stereocenters. The second-order valence-electron chi connectivity index (χ2n) is 6.87. The van der Waals surface area contributed by atoms with Crippen molar-refractivity contribution in [3.05, 3.63) is 22.4 Å². The number of amides is 2. The summed E-state index contributed by atoms with van der Waals surface area (Å²) in [5.41, 5.74) is 0. The number of hydrogen-bond donors (Lipinski definition) is 1. The number of likely N-dealkylation sites (tertiary alicyclic amines) is 1. The maximum absolute atomic E-state index is 12.3. The van der Waals surface area contributed by atoms with Gasteiger partial charge in [-0.05, 0) is 31.2 Å². The van der Waals surface area contributed by atoms with E-state index in [0.717, 1.165) is 52.1 Å². The molecule has 1 aromatic rings. The van der Waals surface area contributed by atoms with Crippen molar-refractivity contribution in [3.8, 4) is 0 Å². The maximum atomic E-state index is 12.3. The van der Waals surface area contributed by atoms with Gasteiger partial charge >= 0.3 is 0 Å². The summed E-state index contributed by atoms with van der Waals surface area (Å²) < 4.78 is 0. The molecule has 6 nitrogen and oxygen atoms in total. The van der Waals surface area contributed by atoms with Gasteiger partial charge in [-0.25, -0.2) is 0 Å². The summed E-state index contributed by atoms with van der Waals surface area (Å²) in [6.07, 6.45) is 2.27. The third-order valence-electron chi connectivity index (χ3n) is 5.17. The molecule has 7 heteroatoms. The van der Waals surface area contributed by atoms with Gasteiger partial charge in [0.25, 0.3) is 0 Å². The third-order valence-corrected chi connectivity index (χ3v) is 6.05. The standard InChI is InChI=1S/C18H28N4O2S/c1-15(18(24)19-13-16-5-4-12-25-16)21-10-8-20(9-11-21)14-17(23)22-6-2-3-7-22/h4-5,12,15H,2-3,6-11,13-14H2,1H3,(H,19,24). The molecule has 1 N–H and O–H groups in total. The SMILES string of the molecule is CC(C(=O)NCc1cccs1)N1CCN(CC(=O)N2CCCC2)CC1. The van der Waals surface area contributed by atoms with Gasteiger partial charge in [0.15, 0.2) is 0 Å².